The summed E-state index contributed by atoms with van der Waals surface area (Å²) in [6.45, 7) is 4.94. The van der Waals surface area contributed by atoms with E-state index in [0.29, 0.717) is 17.7 Å². The molecular formula is C16H25ClN2OS. The minimum absolute atomic E-state index is 0. The van der Waals surface area contributed by atoms with Gasteiger partial charge in [-0.2, -0.15) is 0 Å². The molecule has 1 aliphatic rings. The second-order valence-electron chi connectivity index (χ2n) is 5.67. The van der Waals surface area contributed by atoms with Gasteiger partial charge in [0.15, 0.2) is 0 Å². The third-order valence-corrected chi connectivity index (χ3v) is 4.85. The summed E-state index contributed by atoms with van der Waals surface area (Å²) in [5.74, 6) is 0.475. The van der Waals surface area contributed by atoms with Gasteiger partial charge in [-0.1, -0.05) is 32.4 Å². The standard InChI is InChI=1S/C16H24N2OS.ClH/c1-11(2)20-15-9-4-3-7-13(15)16(19)18-14-8-5-6-12(14)10-17;/h3-4,7,9,11-12,14H,5-6,8,10,17H2,1-2H3,(H,18,19);1H. The van der Waals surface area contributed by atoms with E-state index in [0.717, 1.165) is 29.7 Å². The summed E-state index contributed by atoms with van der Waals surface area (Å²) in [6, 6.07) is 8.08. The summed E-state index contributed by atoms with van der Waals surface area (Å²) in [6.07, 6.45) is 3.34. The van der Waals surface area contributed by atoms with Crippen molar-refractivity contribution in [1.82, 2.24) is 5.32 Å². The maximum atomic E-state index is 12.5. The number of carbonyl (C=O) groups is 1. The first kappa shape index (κ1) is 18.3. The highest BCUT2D eigenvalue weighted by molar-refractivity contribution is 8.00. The van der Waals surface area contributed by atoms with Crippen LogP contribution >= 0.6 is 24.2 Å². The SMILES string of the molecule is CC(C)Sc1ccccc1C(=O)NC1CCCC1CN.Cl. The normalized spacial score (nSPS) is 21.1. The lowest BCUT2D eigenvalue weighted by atomic mass is 10.0. The fourth-order valence-electron chi connectivity index (χ4n) is 2.77. The zero-order chi connectivity index (χ0) is 14.5. The molecule has 2 rings (SSSR count). The highest BCUT2D eigenvalue weighted by atomic mass is 35.5. The van der Waals surface area contributed by atoms with E-state index in [1.807, 2.05) is 24.3 Å². The maximum Gasteiger partial charge on any atom is 0.252 e. The summed E-state index contributed by atoms with van der Waals surface area (Å²) in [4.78, 5) is 13.6. The molecule has 0 bridgehead atoms. The molecule has 3 nitrogen and oxygen atoms in total. The van der Waals surface area contributed by atoms with Gasteiger partial charge < -0.3 is 11.1 Å². The Kier molecular flexibility index (Phi) is 7.57. The van der Waals surface area contributed by atoms with Crippen LogP contribution in [0.2, 0.25) is 0 Å². The van der Waals surface area contributed by atoms with E-state index >= 15 is 0 Å². The number of halogens is 1. The van der Waals surface area contributed by atoms with Gasteiger partial charge in [-0.15, -0.1) is 24.2 Å². The van der Waals surface area contributed by atoms with Gasteiger partial charge in [-0.3, -0.25) is 4.79 Å². The molecule has 1 amide bonds. The Morgan fingerprint density at radius 1 is 1.38 bits per heavy atom. The lowest BCUT2D eigenvalue weighted by Gasteiger charge is -2.20. The fourth-order valence-corrected chi connectivity index (χ4v) is 3.72. The van der Waals surface area contributed by atoms with Crippen LogP contribution in [0, 0.1) is 5.92 Å². The molecule has 1 aromatic rings. The average molecular weight is 329 g/mol. The molecule has 2 atom stereocenters. The van der Waals surface area contributed by atoms with Gasteiger partial charge in [0.2, 0.25) is 0 Å². The summed E-state index contributed by atoms with van der Waals surface area (Å²) >= 11 is 1.73. The molecule has 1 aromatic carbocycles. The first-order valence-corrected chi connectivity index (χ1v) is 8.26. The van der Waals surface area contributed by atoms with Crippen molar-refractivity contribution >= 4 is 30.1 Å². The Labute approximate surface area is 137 Å². The van der Waals surface area contributed by atoms with Crippen molar-refractivity contribution in [2.75, 3.05) is 6.54 Å². The molecule has 0 radical (unpaired) electrons. The maximum absolute atomic E-state index is 12.5. The van der Waals surface area contributed by atoms with Gasteiger partial charge in [0, 0.05) is 16.2 Å². The number of nitrogens with one attached hydrogen (secondary N) is 1. The van der Waals surface area contributed by atoms with Crippen molar-refractivity contribution in [3.05, 3.63) is 29.8 Å². The molecule has 118 valence electrons. The summed E-state index contributed by atoms with van der Waals surface area (Å²) in [5.41, 5.74) is 6.56. The minimum Gasteiger partial charge on any atom is -0.349 e. The molecule has 2 unspecified atom stereocenters. The van der Waals surface area contributed by atoms with Gasteiger partial charge in [0.25, 0.3) is 5.91 Å². The zero-order valence-corrected chi connectivity index (χ0v) is 14.3. The van der Waals surface area contributed by atoms with Crippen molar-refractivity contribution in [3.8, 4) is 0 Å². The van der Waals surface area contributed by atoms with Crippen LogP contribution in [0.5, 0.6) is 0 Å². The molecule has 0 saturated heterocycles. The van der Waals surface area contributed by atoms with Crippen LogP contribution in [0.1, 0.15) is 43.5 Å². The van der Waals surface area contributed by atoms with Crippen molar-refractivity contribution in [2.24, 2.45) is 11.7 Å². The van der Waals surface area contributed by atoms with Crippen LogP contribution in [0.25, 0.3) is 0 Å². The van der Waals surface area contributed by atoms with Crippen molar-refractivity contribution < 1.29 is 4.79 Å². The molecule has 5 heteroatoms. The third-order valence-electron chi connectivity index (χ3n) is 3.77. The van der Waals surface area contributed by atoms with Crippen LogP contribution in [0.15, 0.2) is 29.2 Å². The predicted molar refractivity (Wildman–Crippen MR) is 92.3 cm³/mol. The number of nitrogens with two attached hydrogens (primary N) is 1. The Bertz CT molecular complexity index is 467. The van der Waals surface area contributed by atoms with E-state index in [4.69, 9.17) is 5.73 Å². The van der Waals surface area contributed by atoms with E-state index < -0.39 is 0 Å². The number of hydrogen-bond acceptors (Lipinski definition) is 3. The number of amides is 1. The fraction of sp³-hybridized carbons (Fsp3) is 0.562. The van der Waals surface area contributed by atoms with Gasteiger partial charge >= 0.3 is 0 Å². The van der Waals surface area contributed by atoms with Gasteiger partial charge in [0.1, 0.15) is 0 Å². The van der Waals surface area contributed by atoms with Crippen LogP contribution < -0.4 is 11.1 Å². The Balaban J connectivity index is 0.00000220. The molecule has 3 N–H and O–H groups in total. The summed E-state index contributed by atoms with van der Waals surface area (Å²) < 4.78 is 0. The quantitative estimate of drug-likeness (QED) is 0.814. The largest absolute Gasteiger partial charge is 0.349 e. The lowest BCUT2D eigenvalue weighted by molar-refractivity contribution is 0.0926. The third kappa shape index (κ3) is 4.90. The zero-order valence-electron chi connectivity index (χ0n) is 12.7. The van der Waals surface area contributed by atoms with Crippen molar-refractivity contribution in [1.29, 1.82) is 0 Å². The number of carbonyl (C=O) groups excluding carboxylic acids is 1. The van der Waals surface area contributed by atoms with E-state index in [1.54, 1.807) is 11.8 Å². The highest BCUT2D eigenvalue weighted by Crippen LogP contribution is 2.28. The van der Waals surface area contributed by atoms with Crippen LogP contribution in [0.4, 0.5) is 0 Å². The number of thioether (sulfide) groups is 1. The summed E-state index contributed by atoms with van der Waals surface area (Å²) in [7, 11) is 0. The first-order chi connectivity index (χ1) is 9.61. The predicted octanol–water partition coefficient (Wildman–Crippen LogP) is 3.47. The number of hydrogen-bond donors (Lipinski definition) is 2. The van der Waals surface area contributed by atoms with Crippen LogP contribution in [0.3, 0.4) is 0 Å². The minimum atomic E-state index is 0. The smallest absolute Gasteiger partial charge is 0.252 e. The van der Waals surface area contributed by atoms with Gasteiger partial charge in [-0.05, 0) is 37.4 Å². The van der Waals surface area contributed by atoms with E-state index in [1.165, 1.54) is 0 Å². The molecule has 0 aliphatic heterocycles. The van der Waals surface area contributed by atoms with E-state index in [-0.39, 0.29) is 24.4 Å². The second kappa shape index (κ2) is 8.66. The van der Waals surface area contributed by atoms with Crippen molar-refractivity contribution in [2.45, 2.75) is 49.3 Å². The number of benzene rings is 1. The van der Waals surface area contributed by atoms with Crippen LogP contribution in [-0.4, -0.2) is 23.7 Å². The monoisotopic (exact) mass is 328 g/mol. The highest BCUT2D eigenvalue weighted by Gasteiger charge is 2.28. The van der Waals surface area contributed by atoms with E-state index in [9.17, 15) is 4.79 Å². The van der Waals surface area contributed by atoms with E-state index in [2.05, 4.69) is 19.2 Å². The van der Waals surface area contributed by atoms with Crippen molar-refractivity contribution in [3.63, 3.8) is 0 Å². The molecule has 21 heavy (non-hydrogen) atoms. The summed E-state index contributed by atoms with van der Waals surface area (Å²) in [5, 5.41) is 3.64. The first-order valence-electron chi connectivity index (χ1n) is 7.38. The second-order valence-corrected chi connectivity index (χ2v) is 7.29. The molecule has 0 spiro atoms. The Morgan fingerprint density at radius 3 is 2.76 bits per heavy atom. The molecular weight excluding hydrogens is 304 g/mol. The lowest BCUT2D eigenvalue weighted by Crippen LogP contribution is -2.40. The molecule has 0 heterocycles. The Morgan fingerprint density at radius 2 is 2.10 bits per heavy atom. The Hall–Kier alpha value is -0.710. The molecule has 1 aliphatic carbocycles. The molecule has 0 aromatic heterocycles. The molecule has 1 saturated carbocycles. The van der Waals surface area contributed by atoms with Gasteiger partial charge in [0.05, 0.1) is 5.56 Å². The molecule has 1 fully saturated rings. The number of rotatable bonds is 5. The topological polar surface area (TPSA) is 55.1 Å². The van der Waals surface area contributed by atoms with Gasteiger partial charge in [-0.25, -0.2) is 0 Å². The van der Waals surface area contributed by atoms with Crippen LogP contribution in [-0.2, 0) is 0 Å². The average Bonchev–Trinajstić information content (AvgIpc) is 2.85.